The Hall–Kier alpha value is -2.30. The quantitative estimate of drug-likeness (QED) is 0.589. The Morgan fingerprint density at radius 3 is 2.32 bits per heavy atom. The van der Waals surface area contributed by atoms with Gasteiger partial charge in [0.05, 0.1) is 18.7 Å². The smallest absolute Gasteiger partial charge is 0.298 e. The summed E-state index contributed by atoms with van der Waals surface area (Å²) in [6.07, 6.45) is 4.95. The van der Waals surface area contributed by atoms with Crippen LogP contribution in [0.5, 0.6) is 0 Å². The largest absolute Gasteiger partial charge is 0.301 e. The number of nitrogens with zero attached hydrogens (tertiary/aromatic N) is 3. The lowest BCUT2D eigenvalue weighted by Gasteiger charge is -2.38. The molecule has 2 N–H and O–H groups in total. The maximum Gasteiger partial charge on any atom is 0.301 e. The zero-order chi connectivity index (χ0) is 25.2. The van der Waals surface area contributed by atoms with E-state index in [1.807, 2.05) is 48.0 Å². The summed E-state index contributed by atoms with van der Waals surface area (Å²) in [6.45, 7) is 8.55. The summed E-state index contributed by atoms with van der Waals surface area (Å²) in [5.74, 6) is -1.02. The molecule has 1 aromatic carbocycles. The van der Waals surface area contributed by atoms with Crippen molar-refractivity contribution in [2.75, 3.05) is 13.6 Å². The van der Waals surface area contributed by atoms with Gasteiger partial charge in [0.2, 0.25) is 5.91 Å². The number of likely N-dealkylation sites (tertiary alicyclic amines) is 1. The van der Waals surface area contributed by atoms with E-state index in [-0.39, 0.29) is 30.1 Å². The summed E-state index contributed by atoms with van der Waals surface area (Å²) in [6, 6.07) is 2.27. The molecule has 1 fully saturated rings. The van der Waals surface area contributed by atoms with Gasteiger partial charge in [-0.2, -0.15) is 18.2 Å². The second-order valence-electron chi connectivity index (χ2n) is 9.82. The topological polar surface area (TPSA) is 96.3 Å². The monoisotopic (exact) mass is 493 g/mol. The molecule has 1 aliphatic rings. The van der Waals surface area contributed by atoms with Crippen molar-refractivity contribution in [3.05, 3.63) is 52.6 Å². The number of aryl methyl sites for hydroxylation is 1. The van der Waals surface area contributed by atoms with E-state index in [1.165, 1.54) is 12.1 Å². The molecule has 1 aromatic heterocycles. The van der Waals surface area contributed by atoms with Crippen LogP contribution in [0.2, 0.25) is 0 Å². The van der Waals surface area contributed by atoms with Crippen LogP contribution in [0.25, 0.3) is 0 Å². The summed E-state index contributed by atoms with van der Waals surface area (Å²) in [4.78, 5) is 15.0. The molecule has 10 heteroatoms. The Morgan fingerprint density at radius 2 is 1.79 bits per heavy atom. The van der Waals surface area contributed by atoms with Gasteiger partial charge in [0.1, 0.15) is 5.82 Å². The number of rotatable bonds is 8. The minimum Gasteiger partial charge on any atom is -0.298 e. The molecule has 3 rings (SSSR count). The third-order valence-corrected chi connectivity index (χ3v) is 7.48. The van der Waals surface area contributed by atoms with Gasteiger partial charge in [0.25, 0.3) is 0 Å². The van der Waals surface area contributed by atoms with Gasteiger partial charge in [-0.3, -0.25) is 14.4 Å². The first-order chi connectivity index (χ1) is 15.9. The predicted molar refractivity (Wildman–Crippen MR) is 130 cm³/mol. The Labute approximate surface area is 202 Å². The molecule has 2 aromatic rings. The summed E-state index contributed by atoms with van der Waals surface area (Å²) in [5.41, 5.74) is 3.03. The highest BCUT2D eigenvalue weighted by Gasteiger charge is 2.34. The van der Waals surface area contributed by atoms with E-state index in [4.69, 9.17) is 0 Å². The van der Waals surface area contributed by atoms with Gasteiger partial charge in [-0.25, -0.2) is 9.11 Å². The molecule has 0 spiro atoms. The van der Waals surface area contributed by atoms with Crippen LogP contribution in [0.15, 0.2) is 24.5 Å². The molecule has 2 atom stereocenters. The van der Waals surface area contributed by atoms with E-state index in [2.05, 4.69) is 19.4 Å². The average molecular weight is 494 g/mol. The molecule has 188 valence electrons. The highest BCUT2D eigenvalue weighted by molar-refractivity contribution is 7.88. The molecule has 0 saturated carbocycles. The number of halogens is 1. The van der Waals surface area contributed by atoms with Crippen LogP contribution in [0.1, 0.15) is 80.7 Å². The Morgan fingerprint density at radius 1 is 1.18 bits per heavy atom. The molecule has 1 aliphatic heterocycles. The van der Waals surface area contributed by atoms with Crippen molar-refractivity contribution in [3.63, 3.8) is 0 Å². The summed E-state index contributed by atoms with van der Waals surface area (Å²) >= 11 is 0. The van der Waals surface area contributed by atoms with E-state index >= 15 is 0 Å². The number of carbonyl (C=O) groups is 1. The number of carbonyl (C=O) groups excluding carboxylic acids is 1. The predicted octanol–water partition coefficient (Wildman–Crippen LogP) is 3.13. The van der Waals surface area contributed by atoms with Crippen molar-refractivity contribution in [1.29, 1.82) is 0 Å². The molecular formula is C24H36FN5O3S. The first-order valence-corrected chi connectivity index (χ1v) is 13.2. The van der Waals surface area contributed by atoms with Crippen molar-refractivity contribution < 1.29 is 17.6 Å². The number of benzene rings is 1. The molecular weight excluding hydrogens is 457 g/mol. The minimum atomic E-state index is -4.11. The molecule has 2 heterocycles. The number of hydrogen-bond donors (Lipinski definition) is 2. The lowest BCUT2D eigenvalue weighted by atomic mass is 9.87. The van der Waals surface area contributed by atoms with Crippen molar-refractivity contribution in [2.24, 2.45) is 7.05 Å². The van der Waals surface area contributed by atoms with Gasteiger partial charge in [-0.05, 0) is 67.1 Å². The van der Waals surface area contributed by atoms with E-state index in [0.717, 1.165) is 29.7 Å². The van der Waals surface area contributed by atoms with Crippen LogP contribution >= 0.6 is 0 Å². The van der Waals surface area contributed by atoms with Gasteiger partial charge in [0.15, 0.2) is 0 Å². The van der Waals surface area contributed by atoms with Crippen LogP contribution in [-0.4, -0.2) is 48.6 Å². The molecule has 34 heavy (non-hydrogen) atoms. The van der Waals surface area contributed by atoms with E-state index in [1.54, 1.807) is 10.9 Å². The molecule has 1 saturated heterocycles. The fraction of sp³-hybridized carbons (Fsp3) is 0.583. The van der Waals surface area contributed by atoms with Crippen molar-refractivity contribution in [3.8, 4) is 0 Å². The minimum absolute atomic E-state index is 0.0104. The summed E-state index contributed by atoms with van der Waals surface area (Å²) < 4.78 is 46.6. The van der Waals surface area contributed by atoms with Crippen LogP contribution in [-0.2, 0) is 28.5 Å². The van der Waals surface area contributed by atoms with E-state index in [0.29, 0.717) is 12.0 Å². The molecule has 0 bridgehead atoms. The number of aromatic nitrogens is 2. The molecule has 2 unspecified atom stereocenters. The van der Waals surface area contributed by atoms with E-state index < -0.39 is 22.2 Å². The average Bonchev–Trinajstić information content (AvgIpc) is 3.13. The number of hydrogen-bond acceptors (Lipinski definition) is 5. The second-order valence-corrected chi connectivity index (χ2v) is 11.3. The van der Waals surface area contributed by atoms with Gasteiger partial charge >= 0.3 is 10.2 Å². The Bertz CT molecular complexity index is 1100. The fourth-order valence-corrected chi connectivity index (χ4v) is 5.93. The highest BCUT2D eigenvalue weighted by Crippen LogP contribution is 2.31. The van der Waals surface area contributed by atoms with Crippen molar-refractivity contribution in [2.45, 2.75) is 70.9 Å². The van der Waals surface area contributed by atoms with Gasteiger partial charge in [0, 0.05) is 24.8 Å². The van der Waals surface area contributed by atoms with Gasteiger partial charge < -0.3 is 0 Å². The zero-order valence-corrected chi connectivity index (χ0v) is 21.6. The number of amides is 1. The molecule has 1 amide bonds. The SMILES string of the molecule is CC(C)c1cc(F)cc(C(C)C)c1CC(=O)NS(=O)(=O)NC1CCCN(C)C1c1cnn(C)c1. The van der Waals surface area contributed by atoms with Gasteiger partial charge in [-0.1, -0.05) is 27.7 Å². The number of nitrogens with one attached hydrogen (secondary N) is 2. The lowest BCUT2D eigenvalue weighted by molar-refractivity contribution is -0.118. The van der Waals surface area contributed by atoms with Crippen molar-refractivity contribution >= 4 is 16.1 Å². The first-order valence-electron chi connectivity index (χ1n) is 11.7. The molecule has 0 radical (unpaired) electrons. The van der Waals surface area contributed by atoms with Crippen molar-refractivity contribution in [1.82, 2.24) is 24.1 Å². The maximum absolute atomic E-state index is 14.2. The highest BCUT2D eigenvalue weighted by atomic mass is 32.2. The number of likely N-dealkylation sites (N-methyl/N-ethyl adjacent to an activating group) is 1. The number of piperidine rings is 1. The maximum atomic E-state index is 14.2. The first kappa shape index (κ1) is 26.3. The van der Waals surface area contributed by atoms with Crippen LogP contribution in [0.3, 0.4) is 0 Å². The zero-order valence-electron chi connectivity index (χ0n) is 20.8. The third-order valence-electron chi connectivity index (χ3n) is 6.37. The summed E-state index contributed by atoms with van der Waals surface area (Å²) in [5, 5.41) is 4.22. The summed E-state index contributed by atoms with van der Waals surface area (Å²) in [7, 11) is -0.342. The van der Waals surface area contributed by atoms with Crippen LogP contribution in [0, 0.1) is 5.82 Å². The van der Waals surface area contributed by atoms with Crippen LogP contribution < -0.4 is 9.44 Å². The standard InChI is InChI=1S/C24H36FN5O3S/c1-15(2)19-10-18(25)11-20(16(3)4)21(19)12-23(31)28-34(32,33)27-22-8-7-9-29(5)24(22)17-13-26-30(6)14-17/h10-11,13-16,22,24,27H,7-9,12H2,1-6H3,(H,28,31). The Kier molecular flexibility index (Phi) is 8.15. The van der Waals surface area contributed by atoms with Crippen LogP contribution in [0.4, 0.5) is 4.39 Å². The molecule has 8 nitrogen and oxygen atoms in total. The van der Waals surface area contributed by atoms with Gasteiger partial charge in [-0.15, -0.1) is 0 Å². The second kappa shape index (κ2) is 10.5. The normalized spacial score (nSPS) is 19.7. The Balaban J connectivity index is 1.79. The fourth-order valence-electron chi connectivity index (χ4n) is 4.86. The molecule has 0 aliphatic carbocycles. The third kappa shape index (κ3) is 6.22. The lowest BCUT2D eigenvalue weighted by Crippen LogP contribution is -2.52. The van der Waals surface area contributed by atoms with E-state index in [9.17, 15) is 17.6 Å².